The molecule has 1 aromatic carbocycles. The van der Waals surface area contributed by atoms with E-state index < -0.39 is 0 Å². The van der Waals surface area contributed by atoms with E-state index in [0.717, 1.165) is 31.5 Å². The fourth-order valence-corrected chi connectivity index (χ4v) is 6.61. The van der Waals surface area contributed by atoms with Gasteiger partial charge >= 0.3 is 6.03 Å². The molecule has 1 aliphatic carbocycles. The van der Waals surface area contributed by atoms with Gasteiger partial charge in [0.15, 0.2) is 0 Å². The molecule has 0 radical (unpaired) electrons. The van der Waals surface area contributed by atoms with E-state index in [2.05, 4.69) is 32.6 Å². The maximum atomic E-state index is 13.4. The fraction of sp³-hybridized carbons (Fsp3) is 0.704. The predicted octanol–water partition coefficient (Wildman–Crippen LogP) is 3.77. The normalized spacial score (nSPS) is 29.3. The highest BCUT2D eigenvalue weighted by molar-refractivity contribution is 5.76. The summed E-state index contributed by atoms with van der Waals surface area (Å²) in [5.74, 6) is 2.02. The number of hydrogen-bond donors (Lipinski definition) is 2. The maximum absolute atomic E-state index is 13.4. The van der Waals surface area contributed by atoms with Crippen LogP contribution >= 0.6 is 0 Å². The summed E-state index contributed by atoms with van der Waals surface area (Å²) in [6.45, 7) is 4.70. The first-order chi connectivity index (χ1) is 16.2. The van der Waals surface area contributed by atoms with Crippen molar-refractivity contribution in [2.24, 2.45) is 17.8 Å². The van der Waals surface area contributed by atoms with Crippen molar-refractivity contribution in [3.05, 3.63) is 35.9 Å². The number of piperidine rings is 3. The van der Waals surface area contributed by atoms with Crippen LogP contribution < -0.4 is 10.6 Å². The maximum Gasteiger partial charge on any atom is 0.317 e. The molecule has 0 unspecified atom stereocenters. The van der Waals surface area contributed by atoms with Crippen molar-refractivity contribution in [1.29, 1.82) is 0 Å². The summed E-state index contributed by atoms with van der Waals surface area (Å²) in [6, 6.07) is 11.1. The molecule has 6 heteroatoms. The third kappa shape index (κ3) is 5.53. The van der Waals surface area contributed by atoms with Crippen LogP contribution in [0.4, 0.5) is 4.79 Å². The SMILES string of the molecule is O=C(CCC[C@@H]1[C@H]2CCCN3CCC[C@@H](CN1C(=O)NCc1ccccc1)[C@@H]23)NCC1CC1. The van der Waals surface area contributed by atoms with Crippen LogP contribution in [0.15, 0.2) is 30.3 Å². The quantitative estimate of drug-likeness (QED) is 0.631. The highest BCUT2D eigenvalue weighted by Crippen LogP contribution is 2.43. The van der Waals surface area contributed by atoms with Crippen LogP contribution in [-0.4, -0.2) is 60.0 Å². The largest absolute Gasteiger partial charge is 0.356 e. The van der Waals surface area contributed by atoms with E-state index in [1.54, 1.807) is 0 Å². The minimum atomic E-state index is 0.0724. The first-order valence-corrected chi connectivity index (χ1v) is 13.3. The highest BCUT2D eigenvalue weighted by Gasteiger charge is 2.49. The van der Waals surface area contributed by atoms with E-state index in [1.165, 1.54) is 51.6 Å². The Kier molecular flexibility index (Phi) is 7.19. The van der Waals surface area contributed by atoms with Gasteiger partial charge in [0.1, 0.15) is 0 Å². The molecule has 6 nitrogen and oxygen atoms in total. The average Bonchev–Trinajstić information content (AvgIpc) is 3.68. The molecule has 3 aliphatic heterocycles. The van der Waals surface area contributed by atoms with Gasteiger partial charge in [-0.2, -0.15) is 0 Å². The summed E-state index contributed by atoms with van der Waals surface area (Å²) in [6.07, 6.45) is 9.80. The number of benzene rings is 1. The summed E-state index contributed by atoms with van der Waals surface area (Å²) in [4.78, 5) is 30.6. The van der Waals surface area contributed by atoms with Crippen molar-refractivity contribution < 1.29 is 9.59 Å². The second-order valence-corrected chi connectivity index (χ2v) is 10.7. The first-order valence-electron chi connectivity index (χ1n) is 13.3. The van der Waals surface area contributed by atoms with Gasteiger partial charge in [-0.15, -0.1) is 0 Å². The van der Waals surface area contributed by atoms with Gasteiger partial charge in [0.25, 0.3) is 0 Å². The van der Waals surface area contributed by atoms with E-state index in [4.69, 9.17) is 0 Å². The lowest BCUT2D eigenvalue weighted by atomic mass is 9.69. The number of likely N-dealkylation sites (tertiary alicyclic amines) is 1. The lowest BCUT2D eigenvalue weighted by Crippen LogP contribution is -2.66. The highest BCUT2D eigenvalue weighted by atomic mass is 16.2. The Balaban J connectivity index is 1.24. The molecule has 33 heavy (non-hydrogen) atoms. The van der Waals surface area contributed by atoms with Crippen LogP contribution in [-0.2, 0) is 11.3 Å². The molecule has 3 heterocycles. The van der Waals surface area contributed by atoms with Crippen molar-refractivity contribution in [3.8, 4) is 0 Å². The molecule has 3 saturated heterocycles. The van der Waals surface area contributed by atoms with Crippen molar-refractivity contribution >= 4 is 11.9 Å². The molecule has 0 aromatic heterocycles. The summed E-state index contributed by atoms with van der Waals surface area (Å²) in [5, 5.41) is 6.30. The Morgan fingerprint density at radius 1 is 0.970 bits per heavy atom. The Morgan fingerprint density at radius 3 is 2.55 bits per heavy atom. The minimum Gasteiger partial charge on any atom is -0.356 e. The monoisotopic (exact) mass is 452 g/mol. The minimum absolute atomic E-state index is 0.0724. The zero-order valence-electron chi connectivity index (χ0n) is 19.9. The Hall–Kier alpha value is -2.08. The standard InChI is InChI=1S/C27H40N4O2/c32-25(28-17-21-13-14-21)12-4-11-24-23-10-6-16-30-15-5-9-22(26(23)30)19-31(24)27(33)29-18-20-7-2-1-3-8-20/h1-3,7-8,21-24,26H,4-6,9-19H2,(H,28,32)(H,29,33)/t22-,23+,24+,26-/m0/s1. The molecule has 3 amide bonds. The third-order valence-corrected chi connectivity index (χ3v) is 8.41. The molecule has 4 aliphatic rings. The number of nitrogens with zero attached hydrogens (tertiary/aromatic N) is 2. The van der Waals surface area contributed by atoms with Gasteiger partial charge in [0.05, 0.1) is 0 Å². The van der Waals surface area contributed by atoms with E-state index >= 15 is 0 Å². The fourth-order valence-electron chi connectivity index (χ4n) is 6.61. The van der Waals surface area contributed by atoms with E-state index in [0.29, 0.717) is 36.8 Å². The van der Waals surface area contributed by atoms with Crippen molar-refractivity contribution in [1.82, 2.24) is 20.4 Å². The van der Waals surface area contributed by atoms with Crippen LogP contribution in [0.2, 0.25) is 0 Å². The number of hydrogen-bond acceptors (Lipinski definition) is 3. The zero-order valence-corrected chi connectivity index (χ0v) is 19.9. The predicted molar refractivity (Wildman–Crippen MR) is 130 cm³/mol. The van der Waals surface area contributed by atoms with E-state index in [1.807, 2.05) is 18.2 Å². The van der Waals surface area contributed by atoms with Gasteiger partial charge in [0, 0.05) is 38.1 Å². The van der Waals surface area contributed by atoms with Gasteiger partial charge in [-0.05, 0) is 87.8 Å². The van der Waals surface area contributed by atoms with Crippen molar-refractivity contribution in [3.63, 3.8) is 0 Å². The van der Waals surface area contributed by atoms with E-state index in [-0.39, 0.29) is 18.0 Å². The zero-order chi connectivity index (χ0) is 22.6. The average molecular weight is 453 g/mol. The number of amides is 3. The van der Waals surface area contributed by atoms with Crippen LogP contribution in [0.5, 0.6) is 0 Å². The van der Waals surface area contributed by atoms with Gasteiger partial charge in [-0.25, -0.2) is 4.79 Å². The Morgan fingerprint density at radius 2 is 1.76 bits per heavy atom. The lowest BCUT2D eigenvalue weighted by molar-refractivity contribution is -0.121. The number of urea groups is 1. The van der Waals surface area contributed by atoms with Crippen molar-refractivity contribution in [2.45, 2.75) is 76.4 Å². The van der Waals surface area contributed by atoms with Crippen LogP contribution in [0.25, 0.3) is 0 Å². The molecule has 4 atom stereocenters. The molecule has 0 spiro atoms. The number of carbonyl (C=O) groups is 2. The first kappa shape index (κ1) is 22.7. The molecule has 0 bridgehead atoms. The molecular formula is C27H40N4O2. The third-order valence-electron chi connectivity index (χ3n) is 8.41. The number of rotatable bonds is 8. The molecule has 180 valence electrons. The van der Waals surface area contributed by atoms with Crippen LogP contribution in [0.1, 0.15) is 63.4 Å². The van der Waals surface area contributed by atoms with Crippen LogP contribution in [0.3, 0.4) is 0 Å². The second-order valence-electron chi connectivity index (χ2n) is 10.7. The van der Waals surface area contributed by atoms with Crippen molar-refractivity contribution in [2.75, 3.05) is 26.2 Å². The van der Waals surface area contributed by atoms with Gasteiger partial charge in [-0.3, -0.25) is 9.69 Å². The molecule has 5 rings (SSSR count). The second kappa shape index (κ2) is 10.5. The number of carbonyl (C=O) groups excluding carboxylic acids is 2. The molecular weight excluding hydrogens is 412 g/mol. The molecule has 2 N–H and O–H groups in total. The molecule has 4 fully saturated rings. The Labute approximate surface area is 198 Å². The number of nitrogens with one attached hydrogen (secondary N) is 2. The summed E-state index contributed by atoms with van der Waals surface area (Å²) in [5.41, 5.74) is 1.13. The summed E-state index contributed by atoms with van der Waals surface area (Å²) >= 11 is 0. The summed E-state index contributed by atoms with van der Waals surface area (Å²) in [7, 11) is 0. The molecule has 1 saturated carbocycles. The van der Waals surface area contributed by atoms with Gasteiger partial charge in [0.2, 0.25) is 5.91 Å². The topological polar surface area (TPSA) is 64.7 Å². The molecule has 1 aromatic rings. The summed E-state index contributed by atoms with van der Waals surface area (Å²) < 4.78 is 0. The lowest BCUT2D eigenvalue weighted by Gasteiger charge is -2.57. The Bertz CT molecular complexity index is 810. The van der Waals surface area contributed by atoms with Gasteiger partial charge in [-0.1, -0.05) is 30.3 Å². The smallest absolute Gasteiger partial charge is 0.317 e. The van der Waals surface area contributed by atoms with Crippen LogP contribution in [0, 0.1) is 17.8 Å². The van der Waals surface area contributed by atoms with E-state index in [9.17, 15) is 9.59 Å². The van der Waals surface area contributed by atoms with Gasteiger partial charge < -0.3 is 15.5 Å².